The third-order valence-electron chi connectivity index (χ3n) is 4.45. The molecule has 0 aliphatic carbocycles. The van der Waals surface area contributed by atoms with Crippen molar-refractivity contribution in [3.63, 3.8) is 0 Å². The van der Waals surface area contributed by atoms with E-state index in [1.165, 1.54) is 11.1 Å². The van der Waals surface area contributed by atoms with Crippen LogP contribution in [0, 0.1) is 20.8 Å². The Morgan fingerprint density at radius 3 is 2.33 bits per heavy atom. The molecule has 1 saturated heterocycles. The van der Waals surface area contributed by atoms with E-state index in [4.69, 9.17) is 0 Å². The first-order valence-electron chi connectivity index (χ1n) is 7.99. The van der Waals surface area contributed by atoms with E-state index < -0.39 is 10.0 Å². The van der Waals surface area contributed by atoms with E-state index in [-0.39, 0.29) is 5.92 Å². The van der Waals surface area contributed by atoms with Crippen LogP contribution >= 0.6 is 11.3 Å². The van der Waals surface area contributed by atoms with Crippen molar-refractivity contribution in [2.24, 2.45) is 0 Å². The van der Waals surface area contributed by atoms with Gasteiger partial charge in [-0.05, 0) is 39.7 Å². The molecule has 3 rings (SSSR count). The Morgan fingerprint density at radius 2 is 1.79 bits per heavy atom. The number of hydrogen-bond donors (Lipinski definition) is 0. The third-order valence-corrected chi connectivity index (χ3v) is 6.85. The summed E-state index contributed by atoms with van der Waals surface area (Å²) in [5.74, 6) is 1.00. The van der Waals surface area contributed by atoms with Gasteiger partial charge < -0.3 is 0 Å². The lowest BCUT2D eigenvalue weighted by atomic mass is 9.94. The molecular weight excluding hydrogens is 344 g/mol. The van der Waals surface area contributed by atoms with Crippen molar-refractivity contribution in [3.8, 4) is 10.7 Å². The molecule has 2 aromatic heterocycles. The Bertz CT molecular complexity index is 833. The summed E-state index contributed by atoms with van der Waals surface area (Å²) in [6, 6.07) is 2.02. The number of rotatable bonds is 3. The first-order valence-corrected chi connectivity index (χ1v) is 10.7. The van der Waals surface area contributed by atoms with Crippen LogP contribution in [0.1, 0.15) is 40.8 Å². The van der Waals surface area contributed by atoms with Crippen LogP contribution in [0.3, 0.4) is 0 Å². The molecule has 1 aliphatic heterocycles. The fourth-order valence-electron chi connectivity index (χ4n) is 2.97. The quantitative estimate of drug-likeness (QED) is 0.835. The Balaban J connectivity index is 1.85. The molecule has 1 fully saturated rings. The summed E-state index contributed by atoms with van der Waals surface area (Å²) in [6.07, 6.45) is 2.85. The third kappa shape index (κ3) is 3.65. The standard InChI is InChI=1S/C16H22N4O2S2/c1-10-11(2)23-16(17-10)15-9-14(18-12(3)19-15)13-5-7-20(8-6-13)24(4,21)22/h9,13H,5-8H2,1-4H3. The van der Waals surface area contributed by atoms with Crippen LogP contribution in [0.25, 0.3) is 10.7 Å². The van der Waals surface area contributed by atoms with Gasteiger partial charge in [-0.1, -0.05) is 0 Å². The molecule has 3 heterocycles. The molecule has 0 spiro atoms. The zero-order chi connectivity index (χ0) is 17.5. The van der Waals surface area contributed by atoms with Gasteiger partial charge in [-0.3, -0.25) is 0 Å². The second kappa shape index (κ2) is 6.50. The Morgan fingerprint density at radius 1 is 1.12 bits per heavy atom. The molecule has 0 radical (unpaired) electrons. The summed E-state index contributed by atoms with van der Waals surface area (Å²) in [4.78, 5) is 14.9. The number of aromatic nitrogens is 3. The van der Waals surface area contributed by atoms with Gasteiger partial charge in [-0.25, -0.2) is 27.7 Å². The van der Waals surface area contributed by atoms with E-state index in [1.807, 2.05) is 19.9 Å². The monoisotopic (exact) mass is 366 g/mol. The minimum absolute atomic E-state index is 0.269. The van der Waals surface area contributed by atoms with Crippen molar-refractivity contribution in [3.05, 3.63) is 28.2 Å². The minimum atomic E-state index is -3.10. The summed E-state index contributed by atoms with van der Waals surface area (Å²) in [5.41, 5.74) is 2.90. The zero-order valence-electron chi connectivity index (χ0n) is 14.4. The summed E-state index contributed by atoms with van der Waals surface area (Å²) >= 11 is 1.65. The minimum Gasteiger partial charge on any atom is -0.239 e. The van der Waals surface area contributed by atoms with Gasteiger partial charge in [0.25, 0.3) is 0 Å². The van der Waals surface area contributed by atoms with E-state index in [0.29, 0.717) is 13.1 Å². The van der Waals surface area contributed by atoms with Gasteiger partial charge in [0.15, 0.2) is 0 Å². The first kappa shape index (κ1) is 17.4. The zero-order valence-corrected chi connectivity index (χ0v) is 16.0. The molecule has 0 aromatic carbocycles. The molecule has 0 atom stereocenters. The van der Waals surface area contributed by atoms with Crippen LogP contribution < -0.4 is 0 Å². The van der Waals surface area contributed by atoms with E-state index in [9.17, 15) is 8.42 Å². The van der Waals surface area contributed by atoms with E-state index in [2.05, 4.69) is 21.9 Å². The molecule has 1 aliphatic rings. The van der Waals surface area contributed by atoms with Gasteiger partial charge in [-0.2, -0.15) is 0 Å². The molecule has 0 amide bonds. The van der Waals surface area contributed by atoms with Crippen LogP contribution in [-0.2, 0) is 10.0 Å². The number of hydrogen-bond acceptors (Lipinski definition) is 6. The molecule has 6 nitrogen and oxygen atoms in total. The normalized spacial score (nSPS) is 17.3. The van der Waals surface area contributed by atoms with E-state index in [1.54, 1.807) is 15.6 Å². The molecule has 24 heavy (non-hydrogen) atoms. The van der Waals surface area contributed by atoms with Crippen molar-refractivity contribution in [1.82, 2.24) is 19.3 Å². The smallest absolute Gasteiger partial charge is 0.211 e. The fraction of sp³-hybridized carbons (Fsp3) is 0.562. The molecule has 0 saturated carbocycles. The lowest BCUT2D eigenvalue weighted by molar-refractivity contribution is 0.318. The summed E-state index contributed by atoms with van der Waals surface area (Å²) < 4.78 is 24.8. The predicted octanol–water partition coefficient (Wildman–Crippen LogP) is 2.66. The van der Waals surface area contributed by atoms with Crippen LogP contribution in [0.2, 0.25) is 0 Å². The second-order valence-corrected chi connectivity index (χ2v) is 9.51. The molecule has 130 valence electrons. The SMILES string of the molecule is Cc1nc(-c2nc(C)c(C)s2)cc(C2CCN(S(C)(=O)=O)CC2)n1. The lowest BCUT2D eigenvalue weighted by Crippen LogP contribution is -2.37. The van der Waals surface area contributed by atoms with Crippen molar-refractivity contribution in [2.75, 3.05) is 19.3 Å². The Kier molecular flexibility index (Phi) is 4.72. The highest BCUT2D eigenvalue weighted by molar-refractivity contribution is 7.88. The van der Waals surface area contributed by atoms with Gasteiger partial charge in [0.2, 0.25) is 10.0 Å². The first-order chi connectivity index (χ1) is 11.2. The number of piperidine rings is 1. The van der Waals surface area contributed by atoms with Crippen molar-refractivity contribution in [1.29, 1.82) is 0 Å². The lowest BCUT2D eigenvalue weighted by Gasteiger charge is -2.30. The van der Waals surface area contributed by atoms with Crippen LogP contribution in [0.5, 0.6) is 0 Å². The second-order valence-electron chi connectivity index (χ2n) is 6.32. The van der Waals surface area contributed by atoms with Crippen LogP contribution in [-0.4, -0.2) is 47.0 Å². The van der Waals surface area contributed by atoms with Crippen molar-refractivity contribution >= 4 is 21.4 Å². The number of sulfonamides is 1. The molecule has 0 bridgehead atoms. The Labute approximate surface area is 147 Å². The van der Waals surface area contributed by atoms with Crippen LogP contribution in [0.15, 0.2) is 6.07 Å². The van der Waals surface area contributed by atoms with Gasteiger partial charge in [0.05, 0.1) is 11.9 Å². The maximum absolute atomic E-state index is 11.7. The predicted molar refractivity (Wildman–Crippen MR) is 95.7 cm³/mol. The fourth-order valence-corrected chi connectivity index (χ4v) is 4.72. The number of thiazole rings is 1. The highest BCUT2D eigenvalue weighted by atomic mass is 32.2. The maximum Gasteiger partial charge on any atom is 0.211 e. The molecule has 0 unspecified atom stereocenters. The summed E-state index contributed by atoms with van der Waals surface area (Å²) in [6.45, 7) is 7.07. The molecular formula is C16H22N4O2S2. The largest absolute Gasteiger partial charge is 0.239 e. The van der Waals surface area contributed by atoms with Crippen molar-refractivity contribution in [2.45, 2.75) is 39.5 Å². The average molecular weight is 367 g/mol. The van der Waals surface area contributed by atoms with Gasteiger partial charge in [0.1, 0.15) is 16.5 Å². The Hall–Kier alpha value is -1.38. The molecule has 0 N–H and O–H groups in total. The van der Waals surface area contributed by atoms with E-state index >= 15 is 0 Å². The molecule has 2 aromatic rings. The maximum atomic E-state index is 11.7. The average Bonchev–Trinajstić information content (AvgIpc) is 2.85. The molecule has 8 heteroatoms. The van der Waals surface area contributed by atoms with Gasteiger partial charge in [0, 0.05) is 29.6 Å². The van der Waals surface area contributed by atoms with Crippen LogP contribution in [0.4, 0.5) is 0 Å². The summed E-state index contributed by atoms with van der Waals surface area (Å²) in [5, 5.41) is 0.922. The number of nitrogens with zero attached hydrogens (tertiary/aromatic N) is 4. The number of aryl methyl sites for hydroxylation is 3. The van der Waals surface area contributed by atoms with Gasteiger partial charge in [-0.15, -0.1) is 11.3 Å². The van der Waals surface area contributed by atoms with Gasteiger partial charge >= 0.3 is 0 Å². The topological polar surface area (TPSA) is 76.1 Å². The summed E-state index contributed by atoms with van der Waals surface area (Å²) in [7, 11) is -3.10. The highest BCUT2D eigenvalue weighted by Gasteiger charge is 2.27. The highest BCUT2D eigenvalue weighted by Crippen LogP contribution is 2.31. The van der Waals surface area contributed by atoms with Crippen molar-refractivity contribution < 1.29 is 8.42 Å². The van der Waals surface area contributed by atoms with E-state index in [0.717, 1.165) is 40.8 Å².